The van der Waals surface area contributed by atoms with Crippen molar-refractivity contribution in [3.63, 3.8) is 0 Å². The molecular formula is C10H11N. The van der Waals surface area contributed by atoms with E-state index >= 15 is 0 Å². The molecule has 1 aromatic rings. The largest absolute Gasteiger partial charge is 0.264 e. The maximum absolute atomic E-state index is 3.89. The van der Waals surface area contributed by atoms with Gasteiger partial charge in [-0.25, -0.2) is 0 Å². The molecule has 0 amide bonds. The molecule has 0 fully saturated rings. The van der Waals surface area contributed by atoms with Crippen LogP contribution in [-0.2, 0) is 0 Å². The van der Waals surface area contributed by atoms with Crippen LogP contribution in [0, 0.1) is 0 Å². The molecule has 0 aliphatic carbocycles. The van der Waals surface area contributed by atoms with Gasteiger partial charge in [0.2, 0.25) is 0 Å². The summed E-state index contributed by atoms with van der Waals surface area (Å²) in [5, 5.41) is 0. The number of allylic oxidation sites excluding steroid dienone is 1. The first-order valence-corrected chi connectivity index (χ1v) is 3.57. The molecule has 1 aromatic carbocycles. The Balaban J connectivity index is 3.01. The first-order chi connectivity index (χ1) is 5.38. The summed E-state index contributed by atoms with van der Waals surface area (Å²) < 4.78 is 0. The van der Waals surface area contributed by atoms with Crippen LogP contribution in [0.15, 0.2) is 41.4 Å². The highest BCUT2D eigenvalue weighted by atomic mass is 14.7. The van der Waals surface area contributed by atoms with Crippen molar-refractivity contribution >= 4 is 12.4 Å². The van der Waals surface area contributed by atoms with Crippen molar-refractivity contribution in [2.75, 3.05) is 0 Å². The van der Waals surface area contributed by atoms with Crippen LogP contribution in [0.4, 0.5) is 0 Å². The van der Waals surface area contributed by atoms with E-state index in [0.29, 0.717) is 0 Å². The first-order valence-electron chi connectivity index (χ1n) is 3.57. The normalized spacial score (nSPS) is 11.2. The summed E-state index contributed by atoms with van der Waals surface area (Å²) in [7, 11) is 0. The number of hydrogen-bond acceptors (Lipinski definition) is 1. The van der Waals surface area contributed by atoms with E-state index in [2.05, 4.69) is 11.7 Å². The van der Waals surface area contributed by atoms with Gasteiger partial charge >= 0.3 is 0 Å². The lowest BCUT2D eigenvalue weighted by molar-refractivity contribution is 1.50. The molecule has 0 saturated carbocycles. The Labute approximate surface area is 67.1 Å². The number of rotatable bonds is 2. The molecule has 0 atom stereocenters. The number of aliphatic imine (C=N–C) groups is 1. The zero-order valence-electron chi connectivity index (χ0n) is 6.62. The van der Waals surface area contributed by atoms with E-state index in [0.717, 1.165) is 11.3 Å². The third kappa shape index (κ3) is 1.77. The Morgan fingerprint density at radius 3 is 2.45 bits per heavy atom. The highest BCUT2D eigenvalue weighted by Gasteiger charge is 1.92. The zero-order chi connectivity index (χ0) is 8.10. The van der Waals surface area contributed by atoms with E-state index in [-0.39, 0.29) is 0 Å². The van der Waals surface area contributed by atoms with Gasteiger partial charge in [0.05, 0.1) is 5.70 Å². The quantitative estimate of drug-likeness (QED) is 0.567. The highest BCUT2D eigenvalue weighted by Crippen LogP contribution is 2.13. The molecule has 1 heteroatoms. The lowest BCUT2D eigenvalue weighted by atomic mass is 10.1. The van der Waals surface area contributed by atoms with Crippen LogP contribution in [0.25, 0.3) is 5.70 Å². The van der Waals surface area contributed by atoms with Gasteiger partial charge in [0.25, 0.3) is 0 Å². The fourth-order valence-electron chi connectivity index (χ4n) is 0.958. The third-order valence-electron chi connectivity index (χ3n) is 1.51. The van der Waals surface area contributed by atoms with Crippen LogP contribution in [0.1, 0.15) is 12.5 Å². The van der Waals surface area contributed by atoms with Crippen molar-refractivity contribution in [3.8, 4) is 0 Å². The van der Waals surface area contributed by atoms with Gasteiger partial charge in [-0.15, -0.1) is 0 Å². The second-order valence-electron chi connectivity index (χ2n) is 2.20. The van der Waals surface area contributed by atoms with Gasteiger partial charge in [-0.3, -0.25) is 4.99 Å². The molecule has 0 heterocycles. The fourth-order valence-corrected chi connectivity index (χ4v) is 0.958. The molecule has 1 rings (SSSR count). The molecule has 0 aliphatic heterocycles. The predicted octanol–water partition coefficient (Wildman–Crippen LogP) is 2.75. The molecule has 1 nitrogen and oxygen atoms in total. The van der Waals surface area contributed by atoms with E-state index in [4.69, 9.17) is 0 Å². The maximum atomic E-state index is 3.89. The summed E-state index contributed by atoms with van der Waals surface area (Å²) in [6.07, 6.45) is 1.95. The van der Waals surface area contributed by atoms with Gasteiger partial charge in [0.15, 0.2) is 0 Å². The van der Waals surface area contributed by atoms with Crippen LogP contribution in [0.3, 0.4) is 0 Å². The van der Waals surface area contributed by atoms with Crippen LogP contribution in [0.2, 0.25) is 0 Å². The molecule has 0 spiro atoms. The number of nitrogens with zero attached hydrogens (tertiary/aromatic N) is 1. The minimum atomic E-state index is 0.936. The molecule has 0 N–H and O–H groups in total. The van der Waals surface area contributed by atoms with Crippen LogP contribution in [-0.4, -0.2) is 6.72 Å². The van der Waals surface area contributed by atoms with Crippen molar-refractivity contribution in [2.45, 2.75) is 6.92 Å². The van der Waals surface area contributed by atoms with Crippen molar-refractivity contribution < 1.29 is 0 Å². The summed E-state index contributed by atoms with van der Waals surface area (Å²) in [6, 6.07) is 10.0. The maximum Gasteiger partial charge on any atom is 0.0652 e. The Hall–Kier alpha value is -1.37. The minimum absolute atomic E-state index is 0.936. The number of benzene rings is 1. The Morgan fingerprint density at radius 2 is 2.00 bits per heavy atom. The standard InChI is InChI=1S/C10H11N/c1-3-10(11-2)9-7-5-4-6-8-9/h3-8H,2H2,1H3. The summed E-state index contributed by atoms with van der Waals surface area (Å²) in [4.78, 5) is 3.89. The van der Waals surface area contributed by atoms with Gasteiger partial charge in [0, 0.05) is 0 Å². The van der Waals surface area contributed by atoms with E-state index < -0.39 is 0 Å². The average molecular weight is 145 g/mol. The van der Waals surface area contributed by atoms with Gasteiger partial charge < -0.3 is 0 Å². The molecule has 0 aromatic heterocycles. The van der Waals surface area contributed by atoms with E-state index in [1.165, 1.54) is 0 Å². The minimum Gasteiger partial charge on any atom is -0.264 e. The zero-order valence-corrected chi connectivity index (χ0v) is 6.62. The third-order valence-corrected chi connectivity index (χ3v) is 1.51. The van der Waals surface area contributed by atoms with Crippen LogP contribution in [0.5, 0.6) is 0 Å². The topological polar surface area (TPSA) is 12.4 Å². The lowest BCUT2D eigenvalue weighted by Gasteiger charge is -1.97. The second-order valence-corrected chi connectivity index (χ2v) is 2.20. The average Bonchev–Trinajstić information content (AvgIpc) is 2.09. The molecule has 0 bridgehead atoms. The molecule has 0 saturated heterocycles. The molecule has 0 radical (unpaired) electrons. The molecule has 11 heavy (non-hydrogen) atoms. The van der Waals surface area contributed by atoms with E-state index in [1.807, 2.05) is 43.3 Å². The van der Waals surface area contributed by atoms with Gasteiger partial charge in [-0.2, -0.15) is 0 Å². The van der Waals surface area contributed by atoms with E-state index in [9.17, 15) is 0 Å². The van der Waals surface area contributed by atoms with Gasteiger partial charge in [-0.05, 0) is 19.2 Å². The summed E-state index contributed by atoms with van der Waals surface area (Å²) in [5.74, 6) is 0. The Kier molecular flexibility index (Phi) is 2.61. The molecule has 56 valence electrons. The number of hydrogen-bond donors (Lipinski definition) is 0. The van der Waals surface area contributed by atoms with Gasteiger partial charge in [0.1, 0.15) is 0 Å². The highest BCUT2D eigenvalue weighted by molar-refractivity contribution is 5.67. The van der Waals surface area contributed by atoms with Crippen LogP contribution < -0.4 is 0 Å². The van der Waals surface area contributed by atoms with Gasteiger partial charge in [-0.1, -0.05) is 36.4 Å². The van der Waals surface area contributed by atoms with Crippen molar-refractivity contribution in [1.82, 2.24) is 0 Å². The van der Waals surface area contributed by atoms with Crippen LogP contribution >= 0.6 is 0 Å². The lowest BCUT2D eigenvalue weighted by Crippen LogP contribution is -1.77. The molecular weight excluding hydrogens is 134 g/mol. The second kappa shape index (κ2) is 3.71. The molecule has 0 aliphatic rings. The smallest absolute Gasteiger partial charge is 0.0652 e. The Bertz CT molecular complexity index is 259. The van der Waals surface area contributed by atoms with Crippen molar-refractivity contribution in [1.29, 1.82) is 0 Å². The monoisotopic (exact) mass is 145 g/mol. The predicted molar refractivity (Wildman–Crippen MR) is 49.6 cm³/mol. The summed E-state index contributed by atoms with van der Waals surface area (Å²) >= 11 is 0. The van der Waals surface area contributed by atoms with E-state index in [1.54, 1.807) is 0 Å². The molecule has 0 unspecified atom stereocenters. The summed E-state index contributed by atoms with van der Waals surface area (Å²) in [6.45, 7) is 5.45. The van der Waals surface area contributed by atoms with Crippen molar-refractivity contribution in [3.05, 3.63) is 42.0 Å². The van der Waals surface area contributed by atoms with Crippen molar-refractivity contribution in [2.24, 2.45) is 4.99 Å². The first kappa shape index (κ1) is 7.73. The SMILES string of the molecule is C=NC(=CC)c1ccccc1. The fraction of sp³-hybridized carbons (Fsp3) is 0.100. The Morgan fingerprint density at radius 1 is 1.36 bits per heavy atom. The summed E-state index contributed by atoms with van der Waals surface area (Å²) in [5.41, 5.74) is 2.05.